The molecule has 1 atom stereocenters. The molecule has 0 N–H and O–H groups in total. The minimum atomic E-state index is -1.01. The fraction of sp³-hybridized carbons (Fsp3) is 0.400. The van der Waals surface area contributed by atoms with Crippen LogP contribution in [0.15, 0.2) is 18.2 Å². The smallest absolute Gasteiger partial charge is 0.308 e. The molecule has 0 aliphatic carbocycles. The van der Waals surface area contributed by atoms with E-state index < -0.39 is 23.6 Å². The zero-order valence-corrected chi connectivity index (χ0v) is 12.3. The van der Waals surface area contributed by atoms with Gasteiger partial charge < -0.3 is 14.2 Å². The van der Waals surface area contributed by atoms with Crippen LogP contribution in [0, 0.1) is 0 Å². The first-order valence-electron chi connectivity index (χ1n) is 6.43. The Morgan fingerprint density at radius 2 is 1.86 bits per heavy atom. The van der Waals surface area contributed by atoms with Gasteiger partial charge in [-0.15, -0.1) is 0 Å². The third kappa shape index (κ3) is 3.04. The third-order valence-electron chi connectivity index (χ3n) is 3.01. The van der Waals surface area contributed by atoms with E-state index in [1.165, 1.54) is 32.0 Å². The van der Waals surface area contributed by atoms with Crippen molar-refractivity contribution < 1.29 is 28.6 Å². The van der Waals surface area contributed by atoms with Gasteiger partial charge in [0.05, 0.1) is 5.56 Å². The van der Waals surface area contributed by atoms with Crippen LogP contribution in [0.25, 0.3) is 0 Å². The molecule has 0 spiro atoms. The predicted octanol–water partition coefficient (Wildman–Crippen LogP) is 1.90. The quantitative estimate of drug-likeness (QED) is 0.612. The molecule has 1 aliphatic rings. The number of hydrogen-bond donors (Lipinski definition) is 0. The summed E-state index contributed by atoms with van der Waals surface area (Å²) in [5.41, 5.74) is -0.721. The molecule has 1 aromatic rings. The van der Waals surface area contributed by atoms with Crippen LogP contribution < -0.4 is 9.47 Å². The van der Waals surface area contributed by atoms with Crippen molar-refractivity contribution in [2.45, 2.75) is 39.4 Å². The van der Waals surface area contributed by atoms with Crippen molar-refractivity contribution in [2.24, 2.45) is 0 Å². The summed E-state index contributed by atoms with van der Waals surface area (Å²) in [5.74, 6) is -0.770. The Morgan fingerprint density at radius 1 is 1.19 bits per heavy atom. The maximum absolute atomic E-state index is 12.4. The van der Waals surface area contributed by atoms with Gasteiger partial charge >= 0.3 is 11.9 Å². The Bertz CT molecular complexity index is 617. The van der Waals surface area contributed by atoms with Crippen LogP contribution in [0.5, 0.6) is 11.5 Å². The maximum atomic E-state index is 12.4. The fourth-order valence-electron chi connectivity index (χ4n) is 2.18. The monoisotopic (exact) mass is 292 g/mol. The zero-order valence-electron chi connectivity index (χ0n) is 12.3. The fourth-order valence-corrected chi connectivity index (χ4v) is 2.18. The number of rotatable bonds is 2. The van der Waals surface area contributed by atoms with Crippen LogP contribution in [0.2, 0.25) is 0 Å². The van der Waals surface area contributed by atoms with E-state index in [0.29, 0.717) is 5.75 Å². The van der Waals surface area contributed by atoms with E-state index in [9.17, 15) is 14.4 Å². The standard InChI is InChI=1S/C15H16O6/c1-8(16)19-10-5-6-11-12(7-10)21-15(3,4)14(13(11)18)20-9(2)17/h5-7,14H,1-4H3. The maximum Gasteiger partial charge on any atom is 0.308 e. The van der Waals surface area contributed by atoms with E-state index in [4.69, 9.17) is 14.2 Å². The molecule has 0 amide bonds. The zero-order chi connectivity index (χ0) is 15.8. The first-order valence-corrected chi connectivity index (χ1v) is 6.43. The number of Topliss-reactive ketones (excluding diaryl/α,β-unsaturated/α-hetero) is 1. The lowest BCUT2D eigenvalue weighted by molar-refractivity contribution is -0.153. The molecule has 1 unspecified atom stereocenters. The number of fused-ring (bicyclic) bond motifs is 1. The Labute approximate surface area is 122 Å². The van der Waals surface area contributed by atoms with Gasteiger partial charge in [-0.2, -0.15) is 0 Å². The van der Waals surface area contributed by atoms with Crippen molar-refractivity contribution in [3.63, 3.8) is 0 Å². The molecule has 0 bridgehead atoms. The topological polar surface area (TPSA) is 78.9 Å². The van der Waals surface area contributed by atoms with Gasteiger partial charge in [0.1, 0.15) is 17.1 Å². The van der Waals surface area contributed by atoms with Gasteiger partial charge in [0.25, 0.3) is 0 Å². The molecule has 1 aliphatic heterocycles. The highest BCUT2D eigenvalue weighted by Crippen LogP contribution is 2.37. The minimum absolute atomic E-state index is 0.288. The molecule has 0 fully saturated rings. The number of carbonyl (C=O) groups is 3. The molecular weight excluding hydrogens is 276 g/mol. The average Bonchev–Trinajstić information content (AvgIpc) is 2.32. The first-order chi connectivity index (χ1) is 9.70. The van der Waals surface area contributed by atoms with Crippen LogP contribution in [0.4, 0.5) is 0 Å². The summed E-state index contributed by atoms with van der Waals surface area (Å²) in [7, 11) is 0. The van der Waals surface area contributed by atoms with Crippen molar-refractivity contribution >= 4 is 17.7 Å². The van der Waals surface area contributed by atoms with Crippen molar-refractivity contribution in [1.29, 1.82) is 0 Å². The van der Waals surface area contributed by atoms with Crippen LogP contribution in [0.3, 0.4) is 0 Å². The number of esters is 2. The molecule has 0 radical (unpaired) electrons. The summed E-state index contributed by atoms with van der Waals surface area (Å²) in [5, 5.41) is 0. The molecule has 0 aromatic heterocycles. The lowest BCUT2D eigenvalue weighted by atomic mass is 9.89. The average molecular weight is 292 g/mol. The summed E-state index contributed by atoms with van der Waals surface area (Å²) >= 11 is 0. The van der Waals surface area contributed by atoms with Gasteiger partial charge in [0.15, 0.2) is 0 Å². The van der Waals surface area contributed by atoms with Gasteiger partial charge in [0, 0.05) is 19.9 Å². The van der Waals surface area contributed by atoms with Crippen molar-refractivity contribution in [3.8, 4) is 11.5 Å². The largest absolute Gasteiger partial charge is 0.483 e. The first kappa shape index (κ1) is 15.0. The molecule has 21 heavy (non-hydrogen) atoms. The van der Waals surface area contributed by atoms with Gasteiger partial charge in [0.2, 0.25) is 11.9 Å². The van der Waals surface area contributed by atoms with Gasteiger partial charge in [-0.1, -0.05) is 0 Å². The van der Waals surface area contributed by atoms with Gasteiger partial charge in [-0.05, 0) is 26.0 Å². The van der Waals surface area contributed by atoms with E-state index in [1.54, 1.807) is 13.8 Å². The molecule has 0 saturated heterocycles. The number of ketones is 1. The van der Waals surface area contributed by atoms with E-state index in [1.807, 2.05) is 0 Å². The van der Waals surface area contributed by atoms with Crippen LogP contribution in [-0.4, -0.2) is 29.4 Å². The predicted molar refractivity (Wildman–Crippen MR) is 72.3 cm³/mol. The minimum Gasteiger partial charge on any atom is -0.483 e. The number of carbonyl (C=O) groups excluding carboxylic acids is 3. The Kier molecular flexibility index (Phi) is 3.72. The Hall–Kier alpha value is -2.37. The van der Waals surface area contributed by atoms with Crippen LogP contribution in [-0.2, 0) is 14.3 Å². The highest BCUT2D eigenvalue weighted by molar-refractivity contribution is 6.04. The highest BCUT2D eigenvalue weighted by Gasteiger charge is 2.45. The van der Waals surface area contributed by atoms with Crippen LogP contribution in [0.1, 0.15) is 38.1 Å². The molecule has 2 rings (SSSR count). The summed E-state index contributed by atoms with van der Waals surface area (Å²) < 4.78 is 15.8. The normalized spacial score (nSPS) is 19.2. The van der Waals surface area contributed by atoms with Crippen LogP contribution >= 0.6 is 0 Å². The molecule has 1 heterocycles. The molecule has 6 heteroatoms. The molecular formula is C15H16O6. The van der Waals surface area contributed by atoms with E-state index in [2.05, 4.69) is 0 Å². The lowest BCUT2D eigenvalue weighted by Crippen LogP contribution is -2.52. The summed E-state index contributed by atoms with van der Waals surface area (Å²) in [6.07, 6.45) is -1.01. The summed E-state index contributed by atoms with van der Waals surface area (Å²) in [6.45, 7) is 5.83. The second-order valence-corrected chi connectivity index (χ2v) is 5.31. The highest BCUT2D eigenvalue weighted by atomic mass is 16.6. The molecule has 112 valence electrons. The number of hydrogen-bond acceptors (Lipinski definition) is 6. The molecule has 0 saturated carbocycles. The van der Waals surface area contributed by atoms with Gasteiger partial charge in [-0.25, -0.2) is 0 Å². The van der Waals surface area contributed by atoms with Gasteiger partial charge in [-0.3, -0.25) is 14.4 Å². The molecule has 1 aromatic carbocycles. The van der Waals surface area contributed by atoms with E-state index in [-0.39, 0.29) is 17.1 Å². The molecule has 6 nitrogen and oxygen atoms in total. The Morgan fingerprint density at radius 3 is 2.43 bits per heavy atom. The second-order valence-electron chi connectivity index (χ2n) is 5.31. The lowest BCUT2D eigenvalue weighted by Gasteiger charge is -2.37. The second kappa shape index (κ2) is 5.20. The third-order valence-corrected chi connectivity index (χ3v) is 3.01. The number of benzene rings is 1. The SMILES string of the molecule is CC(=O)Oc1ccc2c(c1)OC(C)(C)C(OC(C)=O)C2=O. The van der Waals surface area contributed by atoms with Crippen molar-refractivity contribution in [1.82, 2.24) is 0 Å². The van der Waals surface area contributed by atoms with Crippen molar-refractivity contribution in [3.05, 3.63) is 23.8 Å². The number of ether oxygens (including phenoxy) is 3. The summed E-state index contributed by atoms with van der Waals surface area (Å²) in [6, 6.07) is 4.45. The van der Waals surface area contributed by atoms with E-state index >= 15 is 0 Å². The van der Waals surface area contributed by atoms with Crippen molar-refractivity contribution in [2.75, 3.05) is 0 Å². The summed E-state index contributed by atoms with van der Waals surface area (Å²) in [4.78, 5) is 34.5. The van der Waals surface area contributed by atoms with E-state index in [0.717, 1.165) is 0 Å². The Balaban J connectivity index is 2.39.